The van der Waals surface area contributed by atoms with Gasteiger partial charge in [-0.25, -0.2) is 4.98 Å². The molecule has 0 unspecified atom stereocenters. The lowest BCUT2D eigenvalue weighted by Crippen LogP contribution is -2.39. The third kappa shape index (κ3) is 5.82. The highest BCUT2D eigenvalue weighted by atomic mass is 16.5. The Balaban J connectivity index is 0.920. The van der Waals surface area contributed by atoms with Gasteiger partial charge in [-0.3, -0.25) is 14.2 Å². The quantitative estimate of drug-likeness (QED) is 0.158. The van der Waals surface area contributed by atoms with Crippen LogP contribution in [0, 0.1) is 0 Å². The smallest absolute Gasteiger partial charge is 0.266 e. The number of hydrogen-bond acceptors (Lipinski definition) is 8. The summed E-state index contributed by atoms with van der Waals surface area (Å²) in [6, 6.07) is 29.9. The van der Waals surface area contributed by atoms with Gasteiger partial charge in [-0.15, -0.1) is 0 Å². The van der Waals surface area contributed by atoms with Crippen molar-refractivity contribution < 1.29 is 23.7 Å². The first kappa shape index (κ1) is 34.2. The van der Waals surface area contributed by atoms with E-state index in [0.717, 1.165) is 53.0 Å². The molecule has 282 valence electrons. The second-order valence-electron chi connectivity index (χ2n) is 15.2. The molecule has 56 heavy (non-hydrogen) atoms. The highest BCUT2D eigenvalue weighted by Gasteiger charge is 2.37. The van der Waals surface area contributed by atoms with Crippen molar-refractivity contribution in [2.24, 2.45) is 0 Å². The van der Waals surface area contributed by atoms with Gasteiger partial charge < -0.3 is 29.2 Å². The lowest BCUT2D eigenvalue weighted by Gasteiger charge is -2.22. The van der Waals surface area contributed by atoms with E-state index in [-0.39, 0.29) is 17.5 Å². The number of nitrogens with one attached hydrogen (secondary N) is 1. The molecule has 10 heteroatoms. The van der Waals surface area contributed by atoms with Crippen molar-refractivity contribution >= 4 is 28.2 Å². The minimum atomic E-state index is -0.117. The van der Waals surface area contributed by atoms with E-state index in [1.54, 1.807) is 30.9 Å². The standard InChI is InChI=1S/C46H42N4O6/c1-53-40-20-34-36(47-24-33-18-30-11-5-7-13-38(30)49(33)45(34)51)22-42(40)55-25-27-15-28(17-32(16-27)29-9-3-4-10-29)26-56-43-23-37-35(21-41(43)54-2)46(52)50-39-14-8-6-12-31(39)19-44(50)48-37/h5-8,11-17,20-23,29,33,47H,3-4,9-10,18-19,24-26H2,1-2H3/t33-/m0/s1. The van der Waals surface area contributed by atoms with Gasteiger partial charge in [0.15, 0.2) is 23.0 Å². The van der Waals surface area contributed by atoms with E-state index >= 15 is 0 Å². The SMILES string of the molecule is COc1cc2c(cc1OCc1cc(COc3cc4nc5n(c(=O)c4cc3OC)-c3ccccc3C5)cc(C3CCCC3)c1)NC[C@@H]1Cc3ccccc3N1C2=O. The van der Waals surface area contributed by atoms with Crippen LogP contribution >= 0.6 is 0 Å². The molecule has 1 atom stereocenters. The molecule has 1 aromatic heterocycles. The van der Waals surface area contributed by atoms with Crippen molar-refractivity contribution in [3.05, 3.63) is 141 Å². The van der Waals surface area contributed by atoms with Crippen molar-refractivity contribution in [2.45, 2.75) is 63.7 Å². The van der Waals surface area contributed by atoms with E-state index in [0.29, 0.717) is 77.4 Å². The topological polar surface area (TPSA) is 104 Å². The zero-order chi connectivity index (χ0) is 37.9. The molecule has 1 amide bonds. The van der Waals surface area contributed by atoms with Gasteiger partial charge in [0, 0.05) is 30.8 Å². The minimum absolute atomic E-state index is 0.0363. The maximum atomic E-state index is 14.0. The van der Waals surface area contributed by atoms with Gasteiger partial charge in [-0.2, -0.15) is 0 Å². The van der Waals surface area contributed by atoms with Crippen molar-refractivity contribution in [2.75, 3.05) is 31.0 Å². The largest absolute Gasteiger partial charge is 0.493 e. The molecule has 1 aliphatic carbocycles. The Morgan fingerprint density at radius 1 is 0.750 bits per heavy atom. The van der Waals surface area contributed by atoms with Crippen LogP contribution in [0.25, 0.3) is 16.6 Å². The van der Waals surface area contributed by atoms with Crippen LogP contribution in [0.5, 0.6) is 23.0 Å². The number of nitrogens with zero attached hydrogens (tertiary/aromatic N) is 3. The number of benzene rings is 5. The molecule has 1 fully saturated rings. The molecular formula is C46H42N4O6. The van der Waals surface area contributed by atoms with Crippen LogP contribution in [-0.2, 0) is 26.1 Å². The van der Waals surface area contributed by atoms with Crippen LogP contribution in [0.15, 0.2) is 95.8 Å². The monoisotopic (exact) mass is 746 g/mol. The first-order valence-electron chi connectivity index (χ1n) is 19.4. The molecule has 0 bridgehead atoms. The van der Waals surface area contributed by atoms with E-state index in [9.17, 15) is 9.59 Å². The molecule has 4 heterocycles. The third-order valence-corrected chi connectivity index (χ3v) is 11.8. The van der Waals surface area contributed by atoms with Crippen molar-refractivity contribution in [1.82, 2.24) is 9.55 Å². The Morgan fingerprint density at radius 2 is 1.43 bits per heavy atom. The fraction of sp³-hybridized carbons (Fsp3) is 0.283. The van der Waals surface area contributed by atoms with Crippen LogP contribution in [0.2, 0.25) is 0 Å². The van der Waals surface area contributed by atoms with Gasteiger partial charge in [-0.05, 0) is 83.3 Å². The van der Waals surface area contributed by atoms with Gasteiger partial charge in [0.2, 0.25) is 0 Å². The molecule has 1 saturated carbocycles. The molecule has 10 rings (SSSR count). The second-order valence-corrected chi connectivity index (χ2v) is 15.2. The van der Waals surface area contributed by atoms with E-state index in [4.69, 9.17) is 23.9 Å². The van der Waals surface area contributed by atoms with Gasteiger partial charge in [0.05, 0.1) is 48.1 Å². The average Bonchev–Trinajstić information content (AvgIpc) is 3.97. The Labute approximate surface area is 324 Å². The van der Waals surface area contributed by atoms with Gasteiger partial charge >= 0.3 is 0 Å². The van der Waals surface area contributed by atoms with Crippen LogP contribution in [-0.4, -0.2) is 42.3 Å². The molecule has 6 aromatic rings. The summed E-state index contributed by atoms with van der Waals surface area (Å²) in [6.45, 7) is 1.23. The lowest BCUT2D eigenvalue weighted by atomic mass is 9.94. The second kappa shape index (κ2) is 13.8. The van der Waals surface area contributed by atoms with E-state index < -0.39 is 0 Å². The highest BCUT2D eigenvalue weighted by Crippen LogP contribution is 2.41. The first-order valence-corrected chi connectivity index (χ1v) is 19.4. The Kier molecular flexibility index (Phi) is 8.42. The number of anilines is 2. The lowest BCUT2D eigenvalue weighted by molar-refractivity contribution is 0.0983. The van der Waals surface area contributed by atoms with Crippen molar-refractivity contribution in [3.63, 3.8) is 0 Å². The number of hydrogen-bond donors (Lipinski definition) is 1. The summed E-state index contributed by atoms with van der Waals surface area (Å²) < 4.78 is 26.2. The molecule has 5 aromatic carbocycles. The van der Waals surface area contributed by atoms with Crippen LogP contribution in [0.1, 0.15) is 75.6 Å². The number of aromatic nitrogens is 2. The molecule has 3 aliphatic heterocycles. The maximum Gasteiger partial charge on any atom is 0.266 e. The fourth-order valence-corrected chi connectivity index (χ4v) is 9.11. The highest BCUT2D eigenvalue weighted by molar-refractivity contribution is 6.12. The number of carbonyl (C=O) groups excluding carboxylic acids is 1. The molecule has 4 aliphatic rings. The summed E-state index contributed by atoms with van der Waals surface area (Å²) >= 11 is 0. The molecule has 1 N–H and O–H groups in total. The molecule has 10 nitrogen and oxygen atoms in total. The van der Waals surface area contributed by atoms with Gasteiger partial charge in [-0.1, -0.05) is 61.4 Å². The molecule has 0 radical (unpaired) electrons. The number of carbonyl (C=O) groups is 1. The summed E-state index contributed by atoms with van der Waals surface area (Å²) in [6.07, 6.45) is 6.15. The van der Waals surface area contributed by atoms with Gasteiger partial charge in [0.25, 0.3) is 11.5 Å². The Hall–Kier alpha value is -6.29. The number of rotatable bonds is 9. The number of fused-ring (bicyclic) bond motifs is 8. The molecular weight excluding hydrogens is 705 g/mol. The maximum absolute atomic E-state index is 14.0. The minimum Gasteiger partial charge on any atom is -0.493 e. The zero-order valence-electron chi connectivity index (χ0n) is 31.5. The fourth-order valence-electron chi connectivity index (χ4n) is 9.11. The van der Waals surface area contributed by atoms with Crippen LogP contribution in [0.3, 0.4) is 0 Å². The average molecular weight is 747 g/mol. The third-order valence-electron chi connectivity index (χ3n) is 11.8. The van der Waals surface area contributed by atoms with E-state index in [1.165, 1.54) is 24.0 Å². The summed E-state index contributed by atoms with van der Waals surface area (Å²) in [4.78, 5) is 34.5. The summed E-state index contributed by atoms with van der Waals surface area (Å²) in [5, 5.41) is 4.01. The Morgan fingerprint density at radius 3 is 2.18 bits per heavy atom. The van der Waals surface area contributed by atoms with Gasteiger partial charge in [0.1, 0.15) is 19.0 Å². The number of amides is 1. The number of methoxy groups -OCH3 is 2. The zero-order valence-corrected chi connectivity index (χ0v) is 31.5. The predicted octanol–water partition coefficient (Wildman–Crippen LogP) is 8.12. The van der Waals surface area contributed by atoms with Crippen molar-refractivity contribution in [3.8, 4) is 28.7 Å². The molecule has 0 saturated heterocycles. The predicted molar refractivity (Wildman–Crippen MR) is 215 cm³/mol. The summed E-state index contributed by atoms with van der Waals surface area (Å²) in [5.74, 6) is 3.23. The van der Waals surface area contributed by atoms with Crippen LogP contribution in [0.4, 0.5) is 11.4 Å². The van der Waals surface area contributed by atoms with Crippen molar-refractivity contribution in [1.29, 1.82) is 0 Å². The Bertz CT molecular complexity index is 2610. The number of ether oxygens (including phenoxy) is 4. The van der Waals surface area contributed by atoms with E-state index in [1.807, 2.05) is 59.5 Å². The molecule has 0 spiro atoms. The normalized spacial score (nSPS) is 16.7. The summed E-state index contributed by atoms with van der Waals surface area (Å²) in [5.41, 5.74) is 9.18. The first-order chi connectivity index (χ1) is 27.4. The van der Waals surface area contributed by atoms with E-state index in [2.05, 4.69) is 29.6 Å². The van der Waals surface area contributed by atoms with Crippen LogP contribution < -0.4 is 34.7 Å². The number of para-hydroxylation sites is 2. The summed E-state index contributed by atoms with van der Waals surface area (Å²) in [7, 11) is 3.19.